The highest BCUT2D eigenvalue weighted by molar-refractivity contribution is 5.76. The van der Waals surface area contributed by atoms with Crippen molar-refractivity contribution in [1.29, 1.82) is 0 Å². The Hall–Kier alpha value is -0.570. The second-order valence-electron chi connectivity index (χ2n) is 3.78. The third-order valence-corrected chi connectivity index (χ3v) is 2.41. The van der Waals surface area contributed by atoms with Crippen molar-refractivity contribution >= 4 is 5.91 Å². The third kappa shape index (κ3) is 2.48. The lowest BCUT2D eigenvalue weighted by molar-refractivity contribution is -0.131. The standard InChI is InChI=1S/C9H18N2O/c1-7(6-10)5-9(12)11(2)8-3-4-8/h7-8H,3-6,10H2,1-2H3. The lowest BCUT2D eigenvalue weighted by Gasteiger charge is -2.18. The molecular weight excluding hydrogens is 152 g/mol. The summed E-state index contributed by atoms with van der Waals surface area (Å²) < 4.78 is 0. The number of amides is 1. The van der Waals surface area contributed by atoms with Gasteiger partial charge < -0.3 is 10.6 Å². The Balaban J connectivity index is 2.26. The maximum absolute atomic E-state index is 11.5. The topological polar surface area (TPSA) is 46.3 Å². The number of carbonyl (C=O) groups excluding carboxylic acids is 1. The van der Waals surface area contributed by atoms with Crippen molar-refractivity contribution in [3.8, 4) is 0 Å². The summed E-state index contributed by atoms with van der Waals surface area (Å²) in [5, 5.41) is 0. The summed E-state index contributed by atoms with van der Waals surface area (Å²) in [5.74, 6) is 0.564. The van der Waals surface area contributed by atoms with Crippen LogP contribution < -0.4 is 5.73 Å². The zero-order valence-corrected chi connectivity index (χ0v) is 7.92. The molecule has 1 unspecified atom stereocenters. The van der Waals surface area contributed by atoms with E-state index in [-0.39, 0.29) is 5.91 Å². The van der Waals surface area contributed by atoms with Gasteiger partial charge in [-0.2, -0.15) is 0 Å². The Kier molecular flexibility index (Phi) is 3.09. The monoisotopic (exact) mass is 170 g/mol. The van der Waals surface area contributed by atoms with Crippen molar-refractivity contribution in [1.82, 2.24) is 4.90 Å². The zero-order valence-electron chi connectivity index (χ0n) is 7.92. The minimum absolute atomic E-state index is 0.246. The van der Waals surface area contributed by atoms with Gasteiger partial charge in [0, 0.05) is 19.5 Å². The van der Waals surface area contributed by atoms with Crippen LogP contribution in [0.2, 0.25) is 0 Å². The van der Waals surface area contributed by atoms with Crippen molar-refractivity contribution in [3.63, 3.8) is 0 Å². The Morgan fingerprint density at radius 3 is 2.67 bits per heavy atom. The fourth-order valence-electron chi connectivity index (χ4n) is 1.19. The molecule has 1 rings (SSSR count). The molecule has 0 radical (unpaired) electrons. The van der Waals surface area contributed by atoms with Gasteiger partial charge in [0.2, 0.25) is 5.91 Å². The summed E-state index contributed by atoms with van der Waals surface area (Å²) in [5.41, 5.74) is 5.44. The number of hydrogen-bond acceptors (Lipinski definition) is 2. The van der Waals surface area contributed by atoms with Crippen LogP contribution in [-0.2, 0) is 4.79 Å². The van der Waals surface area contributed by atoms with E-state index < -0.39 is 0 Å². The lowest BCUT2D eigenvalue weighted by Crippen LogP contribution is -2.31. The summed E-state index contributed by atoms with van der Waals surface area (Å²) in [6, 6.07) is 0.530. The quantitative estimate of drug-likeness (QED) is 0.671. The van der Waals surface area contributed by atoms with Crippen LogP contribution in [0.4, 0.5) is 0 Å². The molecule has 0 bridgehead atoms. The van der Waals surface area contributed by atoms with Gasteiger partial charge in [0.05, 0.1) is 0 Å². The van der Waals surface area contributed by atoms with E-state index in [1.54, 1.807) is 0 Å². The molecule has 0 saturated heterocycles. The van der Waals surface area contributed by atoms with E-state index >= 15 is 0 Å². The Bertz CT molecular complexity index is 166. The molecule has 1 aliphatic rings. The van der Waals surface area contributed by atoms with Gasteiger partial charge in [-0.3, -0.25) is 4.79 Å². The zero-order chi connectivity index (χ0) is 9.14. The van der Waals surface area contributed by atoms with Gasteiger partial charge in [0.25, 0.3) is 0 Å². The third-order valence-electron chi connectivity index (χ3n) is 2.41. The first-order chi connectivity index (χ1) is 5.65. The van der Waals surface area contributed by atoms with E-state index in [0.29, 0.717) is 24.9 Å². The molecular formula is C9H18N2O. The normalized spacial score (nSPS) is 18.9. The molecule has 1 fully saturated rings. The minimum Gasteiger partial charge on any atom is -0.343 e. The van der Waals surface area contributed by atoms with E-state index in [0.717, 1.165) is 0 Å². The molecule has 0 heterocycles. The highest BCUT2D eigenvalue weighted by atomic mass is 16.2. The van der Waals surface area contributed by atoms with Crippen molar-refractivity contribution < 1.29 is 4.79 Å². The molecule has 2 N–H and O–H groups in total. The largest absolute Gasteiger partial charge is 0.343 e. The van der Waals surface area contributed by atoms with E-state index in [9.17, 15) is 4.79 Å². The van der Waals surface area contributed by atoms with E-state index in [4.69, 9.17) is 5.73 Å². The average molecular weight is 170 g/mol. The first-order valence-corrected chi connectivity index (χ1v) is 4.61. The molecule has 0 aliphatic heterocycles. The molecule has 1 amide bonds. The van der Waals surface area contributed by atoms with E-state index in [2.05, 4.69) is 0 Å². The summed E-state index contributed by atoms with van der Waals surface area (Å²) in [7, 11) is 1.89. The number of hydrogen-bond donors (Lipinski definition) is 1. The Labute approximate surface area is 73.9 Å². The molecule has 1 saturated carbocycles. The molecule has 0 spiro atoms. The fourth-order valence-corrected chi connectivity index (χ4v) is 1.19. The van der Waals surface area contributed by atoms with Gasteiger partial charge in [-0.1, -0.05) is 6.92 Å². The van der Waals surface area contributed by atoms with Crippen molar-refractivity contribution in [2.24, 2.45) is 11.7 Å². The molecule has 0 aromatic carbocycles. The predicted molar refractivity (Wildman–Crippen MR) is 48.6 cm³/mol. The fraction of sp³-hybridized carbons (Fsp3) is 0.889. The van der Waals surface area contributed by atoms with Gasteiger partial charge in [0.15, 0.2) is 0 Å². The molecule has 0 aromatic rings. The molecule has 12 heavy (non-hydrogen) atoms. The van der Waals surface area contributed by atoms with Crippen LogP contribution in [0.15, 0.2) is 0 Å². The minimum atomic E-state index is 0.246. The smallest absolute Gasteiger partial charge is 0.222 e. The predicted octanol–water partition coefficient (Wildman–Crippen LogP) is 0.592. The van der Waals surface area contributed by atoms with Gasteiger partial charge in [-0.15, -0.1) is 0 Å². The Morgan fingerprint density at radius 1 is 1.67 bits per heavy atom. The number of carbonyl (C=O) groups is 1. The van der Waals surface area contributed by atoms with Crippen LogP contribution in [0.1, 0.15) is 26.2 Å². The molecule has 3 nitrogen and oxygen atoms in total. The van der Waals surface area contributed by atoms with Crippen LogP contribution in [0.5, 0.6) is 0 Å². The maximum atomic E-state index is 11.5. The maximum Gasteiger partial charge on any atom is 0.222 e. The van der Waals surface area contributed by atoms with E-state index in [1.165, 1.54) is 12.8 Å². The summed E-state index contributed by atoms with van der Waals surface area (Å²) >= 11 is 0. The molecule has 3 heteroatoms. The molecule has 70 valence electrons. The summed E-state index contributed by atoms with van der Waals surface area (Å²) in [6.07, 6.45) is 2.96. The Morgan fingerprint density at radius 2 is 2.25 bits per heavy atom. The first-order valence-electron chi connectivity index (χ1n) is 4.61. The van der Waals surface area contributed by atoms with Crippen LogP contribution in [0.3, 0.4) is 0 Å². The lowest BCUT2D eigenvalue weighted by atomic mass is 10.1. The van der Waals surface area contributed by atoms with Crippen molar-refractivity contribution in [2.75, 3.05) is 13.6 Å². The summed E-state index contributed by atoms with van der Waals surface area (Å²) in [6.45, 7) is 2.61. The number of rotatable bonds is 4. The molecule has 1 aliphatic carbocycles. The van der Waals surface area contributed by atoms with Crippen LogP contribution in [0, 0.1) is 5.92 Å². The number of nitrogens with zero attached hydrogens (tertiary/aromatic N) is 1. The van der Waals surface area contributed by atoms with Crippen molar-refractivity contribution in [3.05, 3.63) is 0 Å². The van der Waals surface area contributed by atoms with Crippen LogP contribution >= 0.6 is 0 Å². The highest BCUT2D eigenvalue weighted by Crippen LogP contribution is 2.26. The van der Waals surface area contributed by atoms with E-state index in [1.807, 2.05) is 18.9 Å². The number of nitrogens with two attached hydrogens (primary N) is 1. The first kappa shape index (κ1) is 9.52. The van der Waals surface area contributed by atoms with Crippen LogP contribution in [0.25, 0.3) is 0 Å². The van der Waals surface area contributed by atoms with Gasteiger partial charge in [-0.25, -0.2) is 0 Å². The van der Waals surface area contributed by atoms with Gasteiger partial charge in [-0.05, 0) is 25.3 Å². The second kappa shape index (κ2) is 3.90. The summed E-state index contributed by atoms with van der Waals surface area (Å²) in [4.78, 5) is 13.3. The average Bonchev–Trinajstić information content (AvgIpc) is 2.85. The van der Waals surface area contributed by atoms with Gasteiger partial charge >= 0.3 is 0 Å². The second-order valence-corrected chi connectivity index (χ2v) is 3.78. The SMILES string of the molecule is CC(CN)CC(=O)N(C)C1CC1. The molecule has 0 aromatic heterocycles. The molecule has 1 atom stereocenters. The highest BCUT2D eigenvalue weighted by Gasteiger charge is 2.29. The van der Waals surface area contributed by atoms with Gasteiger partial charge in [0.1, 0.15) is 0 Å². The van der Waals surface area contributed by atoms with Crippen molar-refractivity contribution in [2.45, 2.75) is 32.2 Å². The van der Waals surface area contributed by atoms with Crippen LogP contribution in [-0.4, -0.2) is 30.4 Å².